The topological polar surface area (TPSA) is 27.7 Å². The summed E-state index contributed by atoms with van der Waals surface area (Å²) in [6.45, 7) is 22.5. The molecule has 0 bridgehead atoms. The Morgan fingerprint density at radius 2 is 1.25 bits per heavy atom. The van der Waals surface area contributed by atoms with Gasteiger partial charge in [0.2, 0.25) is 0 Å². The summed E-state index contributed by atoms with van der Waals surface area (Å²) in [6, 6.07) is 9.24. The molecule has 1 aliphatic heterocycles. The van der Waals surface area contributed by atoms with Crippen LogP contribution >= 0.6 is 8.60 Å². The molecule has 0 spiro atoms. The maximum absolute atomic E-state index is 6.51. The Balaban J connectivity index is 2.35. The lowest BCUT2D eigenvalue weighted by atomic mass is 9.78. The van der Waals surface area contributed by atoms with Crippen molar-refractivity contribution in [3.05, 3.63) is 57.6 Å². The molecule has 0 aromatic heterocycles. The molecule has 0 saturated heterocycles. The average molecular weight is 457 g/mol. The fourth-order valence-corrected chi connectivity index (χ4v) is 5.04. The monoisotopic (exact) mass is 456 g/mol. The third-order valence-electron chi connectivity index (χ3n) is 6.14. The van der Waals surface area contributed by atoms with Gasteiger partial charge in [0.15, 0.2) is 0 Å². The number of benzene rings is 2. The van der Waals surface area contributed by atoms with Crippen LogP contribution in [0.5, 0.6) is 11.5 Å². The van der Waals surface area contributed by atoms with Crippen molar-refractivity contribution in [2.45, 2.75) is 98.3 Å². The SMILES string of the molecule is CCc1cc2c(c(C(C)(C)C)c1)OP(OC)Oc1c(cc(C(C)(C)C)cc1C(C)(C)C)C2. The van der Waals surface area contributed by atoms with E-state index >= 15 is 0 Å². The van der Waals surface area contributed by atoms with Gasteiger partial charge < -0.3 is 9.05 Å². The van der Waals surface area contributed by atoms with Crippen LogP contribution < -0.4 is 9.05 Å². The molecule has 32 heavy (non-hydrogen) atoms. The molecule has 0 amide bonds. The molecule has 0 fully saturated rings. The predicted octanol–water partition coefficient (Wildman–Crippen LogP) is 8.38. The third kappa shape index (κ3) is 5.15. The molecule has 3 nitrogen and oxygen atoms in total. The molecular formula is C28H41O3P. The summed E-state index contributed by atoms with van der Waals surface area (Å²) < 4.78 is 18.7. The van der Waals surface area contributed by atoms with Crippen molar-refractivity contribution in [3.8, 4) is 11.5 Å². The van der Waals surface area contributed by atoms with Gasteiger partial charge in [0, 0.05) is 24.7 Å². The third-order valence-corrected chi connectivity index (χ3v) is 7.10. The average Bonchev–Trinajstić information content (AvgIpc) is 2.64. The van der Waals surface area contributed by atoms with E-state index in [2.05, 4.69) is 93.5 Å². The fraction of sp³-hybridized carbons (Fsp3) is 0.571. The highest BCUT2D eigenvalue weighted by Gasteiger charge is 2.33. The van der Waals surface area contributed by atoms with Crippen LogP contribution in [-0.2, 0) is 33.6 Å². The minimum Gasteiger partial charge on any atom is -0.417 e. The van der Waals surface area contributed by atoms with Crippen LogP contribution in [0.1, 0.15) is 103 Å². The van der Waals surface area contributed by atoms with Crippen LogP contribution in [0.15, 0.2) is 24.3 Å². The van der Waals surface area contributed by atoms with Crippen molar-refractivity contribution in [1.82, 2.24) is 0 Å². The van der Waals surface area contributed by atoms with E-state index in [0.29, 0.717) is 0 Å². The summed E-state index contributed by atoms with van der Waals surface area (Å²) in [6.07, 6.45) is 1.77. The molecule has 0 N–H and O–H groups in total. The van der Waals surface area contributed by atoms with Gasteiger partial charge in [-0.1, -0.05) is 93.5 Å². The highest BCUT2D eigenvalue weighted by atomic mass is 31.2. The van der Waals surface area contributed by atoms with Crippen LogP contribution in [0.3, 0.4) is 0 Å². The lowest BCUT2D eigenvalue weighted by Gasteiger charge is -2.33. The molecule has 0 radical (unpaired) electrons. The van der Waals surface area contributed by atoms with Gasteiger partial charge in [0.05, 0.1) is 0 Å². The molecule has 2 aromatic rings. The van der Waals surface area contributed by atoms with Crippen LogP contribution in [0, 0.1) is 0 Å². The van der Waals surface area contributed by atoms with Crippen molar-refractivity contribution < 1.29 is 13.6 Å². The van der Waals surface area contributed by atoms with Gasteiger partial charge in [0.25, 0.3) is 0 Å². The Bertz CT molecular complexity index is 988. The molecule has 1 heterocycles. The van der Waals surface area contributed by atoms with Gasteiger partial charge in [0.1, 0.15) is 11.5 Å². The van der Waals surface area contributed by atoms with Crippen LogP contribution in [0.4, 0.5) is 0 Å². The van der Waals surface area contributed by atoms with Crippen molar-refractivity contribution in [2.24, 2.45) is 0 Å². The highest BCUT2D eigenvalue weighted by molar-refractivity contribution is 7.42. The van der Waals surface area contributed by atoms with E-state index in [1.165, 1.54) is 33.4 Å². The molecule has 3 rings (SSSR count). The van der Waals surface area contributed by atoms with E-state index in [0.717, 1.165) is 24.3 Å². The van der Waals surface area contributed by atoms with Gasteiger partial charge in [-0.25, -0.2) is 0 Å². The van der Waals surface area contributed by atoms with Crippen molar-refractivity contribution in [2.75, 3.05) is 7.11 Å². The molecule has 0 aliphatic carbocycles. The van der Waals surface area contributed by atoms with E-state index < -0.39 is 8.60 Å². The van der Waals surface area contributed by atoms with E-state index in [1.54, 1.807) is 7.11 Å². The first-order chi connectivity index (χ1) is 14.6. The normalized spacial score (nSPS) is 16.9. The van der Waals surface area contributed by atoms with Crippen molar-refractivity contribution in [1.29, 1.82) is 0 Å². The molecule has 1 atom stereocenters. The maximum Gasteiger partial charge on any atom is 0.462 e. The second-order valence-corrected chi connectivity index (χ2v) is 13.2. The first kappa shape index (κ1) is 25.1. The summed E-state index contributed by atoms with van der Waals surface area (Å²) in [5.74, 6) is 1.84. The van der Waals surface area contributed by atoms with Gasteiger partial charge in [-0.15, -0.1) is 0 Å². The van der Waals surface area contributed by atoms with E-state index in [9.17, 15) is 0 Å². The van der Waals surface area contributed by atoms with E-state index in [1.807, 2.05) is 0 Å². The standard InChI is InChI=1S/C28H41O3P/c1-12-18-13-19-15-20-16-21(26(2,3)4)17-23(28(8,9)10)25(20)31-32(29-11)30-24(19)22(14-18)27(5,6)7/h13-14,16-17H,12,15H2,1-11H3. The molecule has 2 aromatic carbocycles. The second kappa shape index (κ2) is 8.65. The molecule has 1 aliphatic rings. The number of aryl methyl sites for hydroxylation is 1. The molecular weight excluding hydrogens is 415 g/mol. The zero-order valence-electron chi connectivity index (χ0n) is 21.9. The molecule has 0 saturated carbocycles. The van der Waals surface area contributed by atoms with Crippen molar-refractivity contribution >= 4 is 8.60 Å². The summed E-state index contributed by atoms with van der Waals surface area (Å²) >= 11 is 0. The minimum absolute atomic E-state index is 0.0458. The zero-order valence-corrected chi connectivity index (χ0v) is 22.8. The van der Waals surface area contributed by atoms with Crippen LogP contribution in [0.2, 0.25) is 0 Å². The zero-order chi connectivity index (χ0) is 24.1. The van der Waals surface area contributed by atoms with Crippen LogP contribution in [-0.4, -0.2) is 7.11 Å². The number of hydrogen-bond donors (Lipinski definition) is 0. The van der Waals surface area contributed by atoms with Crippen LogP contribution in [0.25, 0.3) is 0 Å². The molecule has 4 heteroatoms. The Morgan fingerprint density at radius 1 is 0.750 bits per heavy atom. The Hall–Kier alpha value is -1.57. The maximum atomic E-state index is 6.51. The molecule has 1 unspecified atom stereocenters. The van der Waals surface area contributed by atoms with E-state index in [-0.39, 0.29) is 16.2 Å². The van der Waals surface area contributed by atoms with Gasteiger partial charge in [-0.3, -0.25) is 4.52 Å². The first-order valence-electron chi connectivity index (χ1n) is 11.7. The van der Waals surface area contributed by atoms with Gasteiger partial charge in [-0.05, 0) is 44.9 Å². The van der Waals surface area contributed by atoms with Crippen molar-refractivity contribution in [3.63, 3.8) is 0 Å². The van der Waals surface area contributed by atoms with Gasteiger partial charge >= 0.3 is 8.60 Å². The number of fused-ring (bicyclic) bond motifs is 2. The quantitative estimate of drug-likeness (QED) is 0.425. The lowest BCUT2D eigenvalue weighted by Crippen LogP contribution is -2.21. The lowest BCUT2D eigenvalue weighted by molar-refractivity contribution is 0.313. The number of rotatable bonds is 2. The Labute approximate surface area is 196 Å². The van der Waals surface area contributed by atoms with Gasteiger partial charge in [-0.2, -0.15) is 0 Å². The number of hydrogen-bond acceptors (Lipinski definition) is 3. The smallest absolute Gasteiger partial charge is 0.417 e. The Morgan fingerprint density at radius 3 is 1.69 bits per heavy atom. The summed E-state index contributed by atoms with van der Waals surface area (Å²) in [5.41, 5.74) is 7.46. The summed E-state index contributed by atoms with van der Waals surface area (Å²) in [4.78, 5) is 0. The largest absolute Gasteiger partial charge is 0.462 e. The second-order valence-electron chi connectivity index (χ2n) is 12.0. The first-order valence-corrected chi connectivity index (χ1v) is 12.8. The summed E-state index contributed by atoms with van der Waals surface area (Å²) in [5, 5.41) is 0. The van der Waals surface area contributed by atoms with E-state index in [4.69, 9.17) is 13.6 Å². The fourth-order valence-electron chi connectivity index (χ4n) is 4.12. The minimum atomic E-state index is -1.56. The highest BCUT2D eigenvalue weighted by Crippen LogP contribution is 2.52. The summed E-state index contributed by atoms with van der Waals surface area (Å²) in [7, 11) is 0.106. The molecule has 176 valence electrons. The predicted molar refractivity (Wildman–Crippen MR) is 136 cm³/mol. The Kier molecular flexibility index (Phi) is 6.78.